The monoisotopic (exact) mass is 518 g/mol. The fourth-order valence-electron chi connectivity index (χ4n) is 6.80. The number of nitrogens with zero attached hydrogens (tertiary/aromatic N) is 2. The Labute approximate surface area is 216 Å². The molecule has 36 heavy (non-hydrogen) atoms. The number of hydrogen-bond donors (Lipinski definition) is 2. The van der Waals surface area contributed by atoms with Crippen molar-refractivity contribution >= 4 is 35.1 Å². The first-order valence-electron chi connectivity index (χ1n) is 12.5. The molecular weight excluding hydrogens is 484 g/mol. The number of carbonyl (C=O) groups excluding carboxylic acids is 2. The lowest BCUT2D eigenvalue weighted by Crippen LogP contribution is -2.59. The van der Waals surface area contributed by atoms with E-state index in [9.17, 15) is 24.6 Å². The van der Waals surface area contributed by atoms with Crippen LogP contribution in [0.15, 0.2) is 36.9 Å². The Morgan fingerprint density at radius 2 is 2.03 bits per heavy atom. The van der Waals surface area contributed by atoms with Crippen LogP contribution in [-0.2, 0) is 19.1 Å². The van der Waals surface area contributed by atoms with Crippen LogP contribution >= 0.6 is 11.6 Å². The molecule has 1 spiro atoms. The van der Waals surface area contributed by atoms with Crippen LogP contribution in [0.5, 0.6) is 0 Å². The summed E-state index contributed by atoms with van der Waals surface area (Å²) >= 11 is 6.47. The molecule has 2 bridgehead atoms. The molecule has 1 aromatic carbocycles. The van der Waals surface area contributed by atoms with Crippen molar-refractivity contribution in [1.82, 2.24) is 4.90 Å². The minimum absolute atomic E-state index is 0.125. The topological polar surface area (TPSA) is 107 Å². The maximum atomic E-state index is 14.5. The highest BCUT2D eigenvalue weighted by molar-refractivity contribution is 6.34. The fraction of sp³-hybridized carbons (Fsp3) is 0.593. The molecule has 0 saturated carbocycles. The van der Waals surface area contributed by atoms with Crippen LogP contribution in [0.3, 0.4) is 0 Å². The number of aliphatic hydroxyl groups excluding tert-OH is 1. The van der Waals surface area contributed by atoms with E-state index in [0.717, 1.165) is 0 Å². The second kappa shape index (κ2) is 9.47. The molecule has 8 nitrogen and oxygen atoms in total. The Hall–Kier alpha value is -2.42. The van der Waals surface area contributed by atoms with Gasteiger partial charge >= 0.3 is 5.97 Å². The van der Waals surface area contributed by atoms with E-state index in [4.69, 9.17) is 16.3 Å². The number of aliphatic carboxylic acids is 1. The summed E-state index contributed by atoms with van der Waals surface area (Å²) in [6.07, 6.45) is 2.39. The van der Waals surface area contributed by atoms with E-state index >= 15 is 0 Å². The summed E-state index contributed by atoms with van der Waals surface area (Å²) in [5, 5.41) is 20.9. The third-order valence-corrected chi connectivity index (χ3v) is 8.64. The molecule has 3 aliphatic rings. The first kappa shape index (κ1) is 26.6. The molecule has 196 valence electrons. The van der Waals surface area contributed by atoms with E-state index in [1.807, 2.05) is 20.8 Å². The number of hydrogen-bond acceptors (Lipinski definition) is 5. The van der Waals surface area contributed by atoms with Crippen LogP contribution in [0.2, 0.25) is 5.02 Å². The van der Waals surface area contributed by atoms with Crippen LogP contribution in [-0.4, -0.2) is 69.3 Å². The van der Waals surface area contributed by atoms with E-state index in [2.05, 4.69) is 6.58 Å². The maximum absolute atomic E-state index is 14.5. The van der Waals surface area contributed by atoms with Gasteiger partial charge < -0.3 is 24.7 Å². The molecule has 3 fully saturated rings. The Kier molecular flexibility index (Phi) is 7.01. The number of likely N-dealkylation sites (tertiary alicyclic amines) is 1. The predicted molar refractivity (Wildman–Crippen MR) is 136 cm³/mol. The average Bonchev–Trinajstić information content (AvgIpc) is 3.32. The first-order valence-corrected chi connectivity index (χ1v) is 12.8. The van der Waals surface area contributed by atoms with Crippen molar-refractivity contribution in [1.29, 1.82) is 0 Å². The van der Waals surface area contributed by atoms with Crippen molar-refractivity contribution in [2.45, 2.75) is 63.8 Å². The number of fused-ring (bicyclic) bond motifs is 1. The summed E-state index contributed by atoms with van der Waals surface area (Å²) in [6, 6.07) is 5.14. The molecule has 7 atom stereocenters. The van der Waals surface area contributed by atoms with E-state index in [-0.39, 0.29) is 25.0 Å². The molecule has 1 aromatic rings. The second-order valence-corrected chi connectivity index (χ2v) is 11.3. The minimum Gasteiger partial charge on any atom is -0.481 e. The summed E-state index contributed by atoms with van der Waals surface area (Å²) in [5.74, 6) is -4.18. The minimum atomic E-state index is -1.32. The number of ether oxygens (including phenoxy) is 1. The zero-order valence-corrected chi connectivity index (χ0v) is 21.9. The summed E-state index contributed by atoms with van der Waals surface area (Å²) in [6.45, 7) is 11.1. The number of carbonyl (C=O) groups is 3. The average molecular weight is 519 g/mol. The molecule has 0 aromatic heterocycles. The molecule has 0 aliphatic carbocycles. The quantitative estimate of drug-likeness (QED) is 0.485. The molecule has 2 N–H and O–H groups in total. The lowest BCUT2D eigenvalue weighted by molar-refractivity contribution is -0.157. The van der Waals surface area contributed by atoms with Crippen LogP contribution in [0.1, 0.15) is 40.5 Å². The van der Waals surface area contributed by atoms with Crippen molar-refractivity contribution in [3.05, 3.63) is 41.9 Å². The van der Waals surface area contributed by atoms with Gasteiger partial charge in [0.1, 0.15) is 17.6 Å². The zero-order valence-electron chi connectivity index (χ0n) is 21.2. The van der Waals surface area contributed by atoms with Gasteiger partial charge in [-0.1, -0.05) is 50.6 Å². The van der Waals surface area contributed by atoms with Gasteiger partial charge in [-0.3, -0.25) is 14.4 Å². The first-order chi connectivity index (χ1) is 16.9. The molecule has 0 radical (unpaired) electrons. The largest absolute Gasteiger partial charge is 0.481 e. The third kappa shape index (κ3) is 3.76. The van der Waals surface area contributed by atoms with Gasteiger partial charge in [-0.2, -0.15) is 0 Å². The van der Waals surface area contributed by atoms with Gasteiger partial charge in [0, 0.05) is 6.54 Å². The summed E-state index contributed by atoms with van der Waals surface area (Å²) in [7, 11) is 0. The lowest BCUT2D eigenvalue weighted by Gasteiger charge is -2.40. The Morgan fingerprint density at radius 1 is 1.36 bits per heavy atom. The highest BCUT2D eigenvalue weighted by Crippen LogP contribution is 2.65. The number of carboxylic acid groups (broad SMARTS) is 1. The number of amides is 2. The van der Waals surface area contributed by atoms with E-state index < -0.39 is 52.9 Å². The number of carboxylic acids is 1. The van der Waals surface area contributed by atoms with Crippen molar-refractivity contribution in [2.24, 2.45) is 23.7 Å². The van der Waals surface area contributed by atoms with Crippen molar-refractivity contribution in [2.75, 3.05) is 18.1 Å². The van der Waals surface area contributed by atoms with Gasteiger partial charge in [-0.15, -0.1) is 6.58 Å². The Balaban J connectivity index is 1.90. The number of benzene rings is 1. The van der Waals surface area contributed by atoms with Crippen molar-refractivity contribution in [3.8, 4) is 0 Å². The summed E-state index contributed by atoms with van der Waals surface area (Å²) in [5.41, 5.74) is -1.95. The Morgan fingerprint density at radius 3 is 2.58 bits per heavy atom. The number of halogens is 1. The van der Waals surface area contributed by atoms with E-state index in [1.54, 1.807) is 37.3 Å². The van der Waals surface area contributed by atoms with Crippen LogP contribution in [0, 0.1) is 23.7 Å². The molecule has 9 heteroatoms. The van der Waals surface area contributed by atoms with Gasteiger partial charge in [0.2, 0.25) is 5.91 Å². The van der Waals surface area contributed by atoms with Gasteiger partial charge in [-0.05, 0) is 43.7 Å². The molecule has 2 amide bonds. The smallest absolute Gasteiger partial charge is 0.310 e. The van der Waals surface area contributed by atoms with Gasteiger partial charge in [0.25, 0.3) is 5.91 Å². The third-order valence-electron chi connectivity index (χ3n) is 8.32. The Bertz CT molecular complexity index is 1080. The van der Waals surface area contributed by atoms with Crippen LogP contribution < -0.4 is 4.90 Å². The summed E-state index contributed by atoms with van der Waals surface area (Å²) < 4.78 is 6.55. The van der Waals surface area contributed by atoms with E-state index in [1.165, 1.54) is 9.80 Å². The molecule has 3 saturated heterocycles. The zero-order chi connectivity index (χ0) is 26.6. The van der Waals surface area contributed by atoms with E-state index in [0.29, 0.717) is 23.6 Å². The number of anilines is 1. The number of rotatable bonds is 9. The fourth-order valence-corrected chi connectivity index (χ4v) is 7.04. The molecule has 3 aliphatic heterocycles. The normalized spacial score (nSPS) is 33.6. The maximum Gasteiger partial charge on any atom is 0.310 e. The standard InChI is InChI=1S/C27H35ClN2O6/c1-6-11-29(19-10-8-7-9-18(19)28)24(33)22-27-13-16(4)26(5,36-27)21(25(34)35)20(27)23(32)30(22)17(14-31)12-15(2)3/h6-10,15-17,20-22,31H,1,11-14H2,2-5H3,(H,34,35)/t16?,17-,20+,21-,22?,26+,27?/m1/s1. The predicted octanol–water partition coefficient (Wildman–Crippen LogP) is 3.36. The molecule has 4 rings (SSSR count). The van der Waals surface area contributed by atoms with Gasteiger partial charge in [0.15, 0.2) is 0 Å². The number of para-hydroxylation sites is 1. The van der Waals surface area contributed by atoms with Gasteiger partial charge in [-0.25, -0.2) is 0 Å². The molecular formula is C27H35ClN2O6. The lowest BCUT2D eigenvalue weighted by atomic mass is 9.62. The van der Waals surface area contributed by atoms with Crippen LogP contribution in [0.4, 0.5) is 5.69 Å². The van der Waals surface area contributed by atoms with Crippen LogP contribution in [0.25, 0.3) is 0 Å². The van der Waals surface area contributed by atoms with Gasteiger partial charge in [0.05, 0.1) is 34.9 Å². The highest BCUT2D eigenvalue weighted by Gasteiger charge is 2.80. The second-order valence-electron chi connectivity index (χ2n) is 10.9. The van der Waals surface area contributed by atoms with Crippen molar-refractivity contribution < 1.29 is 29.3 Å². The van der Waals surface area contributed by atoms with Crippen molar-refractivity contribution in [3.63, 3.8) is 0 Å². The molecule has 3 heterocycles. The summed E-state index contributed by atoms with van der Waals surface area (Å²) in [4.78, 5) is 43.9. The highest BCUT2D eigenvalue weighted by atomic mass is 35.5. The molecule has 3 unspecified atom stereocenters. The SMILES string of the molecule is C=CCN(C(=O)C1N([C@@H](CO)CC(C)C)C(=O)[C@@H]2[C@H](C(=O)O)[C@@]3(C)OC12CC3C)c1ccccc1Cl. The number of aliphatic hydroxyl groups is 1.